The van der Waals surface area contributed by atoms with Crippen LogP contribution in [0.2, 0.25) is 0 Å². The SMILES string of the molecule is CN(CC(=O)N1CCC(O)CC1)Cc1nnc(-c2ccccc2)o1. The van der Waals surface area contributed by atoms with Crippen molar-refractivity contribution in [3.8, 4) is 11.5 Å². The Hall–Kier alpha value is -2.25. The van der Waals surface area contributed by atoms with Crippen LogP contribution in [-0.4, -0.2) is 63.8 Å². The summed E-state index contributed by atoms with van der Waals surface area (Å²) in [6, 6.07) is 9.59. The maximum absolute atomic E-state index is 12.3. The van der Waals surface area contributed by atoms with Crippen molar-refractivity contribution >= 4 is 5.91 Å². The van der Waals surface area contributed by atoms with Gasteiger partial charge >= 0.3 is 0 Å². The third-order valence-electron chi connectivity index (χ3n) is 4.12. The zero-order valence-corrected chi connectivity index (χ0v) is 13.8. The minimum atomic E-state index is -0.276. The number of piperidine rings is 1. The van der Waals surface area contributed by atoms with Crippen molar-refractivity contribution in [2.24, 2.45) is 0 Å². The van der Waals surface area contributed by atoms with E-state index in [0.717, 1.165) is 5.56 Å². The van der Waals surface area contributed by atoms with Gasteiger partial charge in [0.1, 0.15) is 0 Å². The maximum Gasteiger partial charge on any atom is 0.247 e. The Morgan fingerprint density at radius 1 is 1.29 bits per heavy atom. The normalized spacial score (nSPS) is 15.9. The van der Waals surface area contributed by atoms with Gasteiger partial charge in [-0.15, -0.1) is 10.2 Å². The van der Waals surface area contributed by atoms with Gasteiger partial charge in [-0.1, -0.05) is 18.2 Å². The lowest BCUT2D eigenvalue weighted by Crippen LogP contribution is -2.44. The molecule has 2 aromatic rings. The van der Waals surface area contributed by atoms with Crippen LogP contribution in [0, 0.1) is 0 Å². The molecule has 0 saturated carbocycles. The second-order valence-electron chi connectivity index (χ2n) is 6.15. The van der Waals surface area contributed by atoms with Gasteiger partial charge in [-0.25, -0.2) is 0 Å². The summed E-state index contributed by atoms with van der Waals surface area (Å²) in [4.78, 5) is 15.9. The topological polar surface area (TPSA) is 82.7 Å². The quantitative estimate of drug-likeness (QED) is 0.885. The van der Waals surface area contributed by atoms with Crippen LogP contribution in [0.25, 0.3) is 11.5 Å². The standard InChI is InChI=1S/C17H22N4O3/c1-20(12-16(23)21-9-7-14(22)8-10-21)11-15-18-19-17(24-15)13-5-3-2-4-6-13/h2-6,14,22H,7-12H2,1H3. The summed E-state index contributed by atoms with van der Waals surface area (Å²) >= 11 is 0. The van der Waals surface area contributed by atoms with E-state index in [0.29, 0.717) is 50.8 Å². The van der Waals surface area contributed by atoms with Gasteiger partial charge in [0, 0.05) is 18.7 Å². The number of carbonyl (C=O) groups excluding carboxylic acids is 1. The lowest BCUT2D eigenvalue weighted by molar-refractivity contribution is -0.134. The average molecular weight is 330 g/mol. The molecule has 1 amide bonds. The minimum absolute atomic E-state index is 0.0622. The van der Waals surface area contributed by atoms with E-state index in [-0.39, 0.29) is 12.0 Å². The Kier molecular flexibility index (Phi) is 5.22. The third kappa shape index (κ3) is 4.18. The lowest BCUT2D eigenvalue weighted by atomic mass is 10.1. The van der Waals surface area contributed by atoms with E-state index in [9.17, 15) is 9.90 Å². The molecule has 0 unspecified atom stereocenters. The van der Waals surface area contributed by atoms with Gasteiger partial charge in [0.2, 0.25) is 17.7 Å². The molecule has 0 bridgehead atoms. The number of hydrogen-bond donors (Lipinski definition) is 1. The van der Waals surface area contributed by atoms with E-state index in [2.05, 4.69) is 10.2 Å². The fourth-order valence-electron chi connectivity index (χ4n) is 2.75. The molecule has 0 spiro atoms. The van der Waals surface area contributed by atoms with Crippen molar-refractivity contribution in [3.05, 3.63) is 36.2 Å². The molecular formula is C17H22N4O3. The van der Waals surface area contributed by atoms with Gasteiger partial charge in [0.25, 0.3) is 0 Å². The van der Waals surface area contributed by atoms with E-state index >= 15 is 0 Å². The summed E-state index contributed by atoms with van der Waals surface area (Å²) in [5.41, 5.74) is 0.877. The van der Waals surface area contributed by atoms with Crippen LogP contribution in [0.1, 0.15) is 18.7 Å². The molecule has 1 aliphatic rings. The number of likely N-dealkylation sites (N-methyl/N-ethyl adjacent to an activating group) is 1. The van der Waals surface area contributed by atoms with Gasteiger partial charge in [-0.05, 0) is 32.0 Å². The van der Waals surface area contributed by atoms with Crippen molar-refractivity contribution < 1.29 is 14.3 Å². The summed E-state index contributed by atoms with van der Waals surface area (Å²) in [5, 5.41) is 17.6. The molecule has 1 N–H and O–H groups in total. The molecule has 1 aromatic carbocycles. The molecule has 1 aromatic heterocycles. The van der Waals surface area contributed by atoms with E-state index in [1.165, 1.54) is 0 Å². The highest BCUT2D eigenvalue weighted by Crippen LogP contribution is 2.17. The minimum Gasteiger partial charge on any atom is -0.419 e. The second kappa shape index (κ2) is 7.55. The van der Waals surface area contributed by atoms with Gasteiger partial charge in [-0.3, -0.25) is 9.69 Å². The first-order chi connectivity index (χ1) is 11.6. The molecule has 0 aliphatic carbocycles. The fourth-order valence-corrected chi connectivity index (χ4v) is 2.75. The first kappa shape index (κ1) is 16.6. The number of nitrogens with zero attached hydrogens (tertiary/aromatic N) is 4. The molecule has 7 heteroatoms. The van der Waals surface area contributed by atoms with Crippen molar-refractivity contribution in [2.75, 3.05) is 26.7 Å². The molecule has 2 heterocycles. The number of likely N-dealkylation sites (tertiary alicyclic amines) is 1. The number of hydrogen-bond acceptors (Lipinski definition) is 6. The van der Waals surface area contributed by atoms with E-state index in [4.69, 9.17) is 4.42 Å². The van der Waals surface area contributed by atoms with Gasteiger partial charge in [0.05, 0.1) is 19.2 Å². The van der Waals surface area contributed by atoms with Crippen LogP contribution >= 0.6 is 0 Å². The summed E-state index contributed by atoms with van der Waals surface area (Å²) in [6.07, 6.45) is 1.03. The number of benzene rings is 1. The van der Waals surface area contributed by atoms with Crippen molar-refractivity contribution in [3.63, 3.8) is 0 Å². The molecule has 128 valence electrons. The molecule has 24 heavy (non-hydrogen) atoms. The summed E-state index contributed by atoms with van der Waals surface area (Å²) in [6.45, 7) is 1.94. The first-order valence-electron chi connectivity index (χ1n) is 8.14. The van der Waals surface area contributed by atoms with E-state index < -0.39 is 0 Å². The maximum atomic E-state index is 12.3. The number of carbonyl (C=O) groups is 1. The predicted octanol–water partition coefficient (Wildman–Crippen LogP) is 1.15. The number of amides is 1. The highest BCUT2D eigenvalue weighted by atomic mass is 16.4. The van der Waals surface area contributed by atoms with Crippen LogP contribution in [0.3, 0.4) is 0 Å². The Morgan fingerprint density at radius 2 is 2.00 bits per heavy atom. The Bertz CT molecular complexity index is 665. The van der Waals surface area contributed by atoms with E-state index in [1.807, 2.05) is 42.3 Å². The predicted molar refractivity (Wildman–Crippen MR) is 87.9 cm³/mol. The van der Waals surface area contributed by atoms with Crippen LogP contribution < -0.4 is 0 Å². The molecule has 7 nitrogen and oxygen atoms in total. The monoisotopic (exact) mass is 330 g/mol. The number of aromatic nitrogens is 2. The number of aliphatic hydroxyl groups excluding tert-OH is 1. The highest BCUT2D eigenvalue weighted by molar-refractivity contribution is 5.78. The lowest BCUT2D eigenvalue weighted by Gasteiger charge is -2.30. The molecule has 1 fully saturated rings. The number of rotatable bonds is 5. The molecule has 0 atom stereocenters. The highest BCUT2D eigenvalue weighted by Gasteiger charge is 2.22. The molecular weight excluding hydrogens is 308 g/mol. The molecule has 0 radical (unpaired) electrons. The smallest absolute Gasteiger partial charge is 0.247 e. The van der Waals surface area contributed by atoms with Gasteiger partial charge in [-0.2, -0.15) is 0 Å². The average Bonchev–Trinajstić information content (AvgIpc) is 3.04. The summed E-state index contributed by atoms with van der Waals surface area (Å²) in [7, 11) is 1.85. The van der Waals surface area contributed by atoms with Crippen molar-refractivity contribution in [2.45, 2.75) is 25.5 Å². The largest absolute Gasteiger partial charge is 0.419 e. The van der Waals surface area contributed by atoms with Crippen LogP contribution in [0.15, 0.2) is 34.7 Å². The number of aliphatic hydroxyl groups is 1. The zero-order valence-electron chi connectivity index (χ0n) is 13.8. The summed E-state index contributed by atoms with van der Waals surface area (Å²) < 4.78 is 5.66. The van der Waals surface area contributed by atoms with Crippen LogP contribution in [-0.2, 0) is 11.3 Å². The molecule has 1 saturated heterocycles. The van der Waals surface area contributed by atoms with Gasteiger partial charge in [0.15, 0.2) is 0 Å². The fraction of sp³-hybridized carbons (Fsp3) is 0.471. The van der Waals surface area contributed by atoms with Crippen LogP contribution in [0.5, 0.6) is 0 Å². The molecule has 3 rings (SSSR count). The van der Waals surface area contributed by atoms with Gasteiger partial charge < -0.3 is 14.4 Å². The Morgan fingerprint density at radius 3 is 2.71 bits per heavy atom. The summed E-state index contributed by atoms with van der Waals surface area (Å²) in [5.74, 6) is 1.03. The Labute approximate surface area is 140 Å². The third-order valence-corrected chi connectivity index (χ3v) is 4.12. The Balaban J connectivity index is 1.53. The van der Waals surface area contributed by atoms with E-state index in [1.54, 1.807) is 4.90 Å². The molecule has 1 aliphatic heterocycles. The first-order valence-corrected chi connectivity index (χ1v) is 8.14. The van der Waals surface area contributed by atoms with Crippen LogP contribution in [0.4, 0.5) is 0 Å². The van der Waals surface area contributed by atoms with Crippen molar-refractivity contribution in [1.29, 1.82) is 0 Å². The van der Waals surface area contributed by atoms with Crippen molar-refractivity contribution in [1.82, 2.24) is 20.0 Å². The zero-order chi connectivity index (χ0) is 16.9. The second-order valence-corrected chi connectivity index (χ2v) is 6.15.